The Morgan fingerprint density at radius 1 is 0.938 bits per heavy atom. The zero-order chi connectivity index (χ0) is 22.7. The van der Waals surface area contributed by atoms with Crippen LogP contribution in [-0.2, 0) is 16.0 Å². The molecule has 2 aromatic carbocycles. The summed E-state index contributed by atoms with van der Waals surface area (Å²) in [6, 6.07) is 18.1. The van der Waals surface area contributed by atoms with Crippen molar-refractivity contribution in [2.45, 2.75) is 12.8 Å². The lowest BCUT2D eigenvalue weighted by molar-refractivity contribution is -0.274. The number of hydrogen-bond donors (Lipinski definition) is 1. The monoisotopic (exact) mass is 458 g/mol. The van der Waals surface area contributed by atoms with E-state index in [4.69, 9.17) is 0 Å². The molecule has 32 heavy (non-hydrogen) atoms. The van der Waals surface area contributed by atoms with E-state index in [0.717, 1.165) is 22.6 Å². The summed E-state index contributed by atoms with van der Waals surface area (Å²) in [6.45, 7) is 0.180. The summed E-state index contributed by atoms with van der Waals surface area (Å²) in [6.07, 6.45) is -4.36. The van der Waals surface area contributed by atoms with Crippen LogP contribution >= 0.6 is 11.3 Å². The molecule has 9 heteroatoms. The van der Waals surface area contributed by atoms with Crippen molar-refractivity contribution in [3.05, 3.63) is 88.2 Å². The van der Waals surface area contributed by atoms with Crippen molar-refractivity contribution in [3.8, 4) is 5.75 Å². The maximum atomic E-state index is 13.1. The van der Waals surface area contributed by atoms with Gasteiger partial charge in [-0.15, -0.1) is 24.5 Å². The number of ether oxygens (including phenoxy) is 1. The van der Waals surface area contributed by atoms with Crippen molar-refractivity contribution in [1.29, 1.82) is 0 Å². The van der Waals surface area contributed by atoms with Gasteiger partial charge < -0.3 is 10.1 Å². The van der Waals surface area contributed by atoms with Gasteiger partial charge in [0.05, 0.1) is 5.57 Å². The number of nitrogens with zero attached hydrogens (tertiary/aromatic N) is 1. The molecule has 0 spiro atoms. The summed E-state index contributed by atoms with van der Waals surface area (Å²) in [5.74, 6) is -1.41. The highest BCUT2D eigenvalue weighted by atomic mass is 32.1. The number of imide groups is 1. The van der Waals surface area contributed by atoms with Gasteiger partial charge in [0.25, 0.3) is 11.8 Å². The summed E-state index contributed by atoms with van der Waals surface area (Å²) < 4.78 is 41.6. The fourth-order valence-corrected chi connectivity index (χ4v) is 4.11. The summed E-state index contributed by atoms with van der Waals surface area (Å²) in [4.78, 5) is 28.0. The fraction of sp³-hybridized carbons (Fsp3) is 0.130. The summed E-state index contributed by atoms with van der Waals surface area (Å²) in [7, 11) is 0. The molecule has 1 aliphatic rings. The van der Waals surface area contributed by atoms with Gasteiger partial charge in [-0.1, -0.05) is 42.5 Å². The molecule has 0 radical (unpaired) electrons. The number of nitrogens with one attached hydrogen (secondary N) is 1. The molecule has 1 N–H and O–H groups in total. The third-order valence-corrected chi connectivity index (χ3v) is 5.63. The van der Waals surface area contributed by atoms with E-state index in [0.29, 0.717) is 11.3 Å². The second-order valence-corrected chi connectivity index (χ2v) is 7.87. The van der Waals surface area contributed by atoms with Crippen molar-refractivity contribution in [2.24, 2.45) is 0 Å². The molecule has 2 amide bonds. The Morgan fingerprint density at radius 2 is 1.72 bits per heavy atom. The predicted molar refractivity (Wildman–Crippen MR) is 115 cm³/mol. The lowest BCUT2D eigenvalue weighted by Gasteiger charge is -2.15. The average Bonchev–Trinajstić information content (AvgIpc) is 3.34. The number of carbonyl (C=O) groups is 2. The minimum absolute atomic E-state index is 0.0228. The Hall–Kier alpha value is -3.59. The van der Waals surface area contributed by atoms with Gasteiger partial charge in [0.1, 0.15) is 11.4 Å². The minimum atomic E-state index is -4.84. The SMILES string of the molecule is O=C1C(Nc2cccc(OC(F)(F)F)c2)=C(c2cccs2)C(=O)N1CCc1ccccc1. The zero-order valence-corrected chi connectivity index (χ0v) is 17.4. The third-order valence-electron chi connectivity index (χ3n) is 4.74. The molecule has 0 saturated carbocycles. The topological polar surface area (TPSA) is 58.6 Å². The molecular weight excluding hydrogens is 441 g/mol. The van der Waals surface area contributed by atoms with Gasteiger partial charge in [-0.25, -0.2) is 0 Å². The Labute approximate surface area is 185 Å². The van der Waals surface area contributed by atoms with E-state index in [1.165, 1.54) is 23.5 Å². The summed E-state index contributed by atoms with van der Waals surface area (Å²) in [5.41, 5.74) is 1.39. The standard InChI is InChI=1S/C23H17F3N2O3S/c24-23(25,26)31-17-9-4-8-16(14-17)27-20-19(18-10-5-13-32-18)21(29)28(22(20)30)12-11-15-6-2-1-3-7-15/h1-10,13-14,27H,11-12H2. The van der Waals surface area contributed by atoms with Gasteiger partial charge in [0, 0.05) is 23.2 Å². The van der Waals surface area contributed by atoms with Crippen LogP contribution in [0.5, 0.6) is 5.75 Å². The van der Waals surface area contributed by atoms with Crippen LogP contribution in [0, 0.1) is 0 Å². The molecule has 2 heterocycles. The van der Waals surface area contributed by atoms with Gasteiger partial charge in [0.2, 0.25) is 0 Å². The third kappa shape index (κ3) is 4.83. The number of alkyl halides is 3. The second-order valence-electron chi connectivity index (χ2n) is 6.93. The molecule has 164 valence electrons. The molecule has 0 saturated heterocycles. The van der Waals surface area contributed by atoms with Crippen molar-refractivity contribution < 1.29 is 27.5 Å². The van der Waals surface area contributed by atoms with Crippen molar-refractivity contribution >= 4 is 34.4 Å². The fourth-order valence-electron chi connectivity index (χ4n) is 3.35. The van der Waals surface area contributed by atoms with Gasteiger partial charge in [-0.2, -0.15) is 0 Å². The van der Waals surface area contributed by atoms with Gasteiger partial charge >= 0.3 is 6.36 Å². The highest BCUT2D eigenvalue weighted by Gasteiger charge is 2.39. The molecule has 1 aromatic heterocycles. The Balaban J connectivity index is 1.61. The first-order chi connectivity index (χ1) is 15.3. The first-order valence-corrected chi connectivity index (χ1v) is 10.5. The van der Waals surface area contributed by atoms with Crippen molar-refractivity contribution in [2.75, 3.05) is 11.9 Å². The Bertz CT molecular complexity index is 1160. The maximum absolute atomic E-state index is 13.1. The van der Waals surface area contributed by atoms with Crippen LogP contribution in [0.25, 0.3) is 5.57 Å². The molecule has 0 fully saturated rings. The number of halogens is 3. The molecular formula is C23H17F3N2O3S. The lowest BCUT2D eigenvalue weighted by Crippen LogP contribution is -2.34. The summed E-state index contributed by atoms with van der Waals surface area (Å²) in [5, 5.41) is 4.62. The van der Waals surface area contributed by atoms with E-state index in [2.05, 4.69) is 10.1 Å². The average molecular weight is 458 g/mol. The smallest absolute Gasteiger partial charge is 0.406 e. The zero-order valence-electron chi connectivity index (χ0n) is 16.6. The number of benzene rings is 2. The van der Waals surface area contributed by atoms with E-state index in [-0.39, 0.29) is 23.5 Å². The number of rotatable bonds is 7. The molecule has 3 aromatic rings. The molecule has 0 bridgehead atoms. The summed E-state index contributed by atoms with van der Waals surface area (Å²) >= 11 is 1.30. The minimum Gasteiger partial charge on any atom is -0.406 e. The van der Waals surface area contributed by atoms with E-state index in [1.807, 2.05) is 30.3 Å². The van der Waals surface area contributed by atoms with Gasteiger partial charge in [0.15, 0.2) is 0 Å². The van der Waals surface area contributed by atoms with E-state index < -0.39 is 23.9 Å². The van der Waals surface area contributed by atoms with Crippen LogP contribution in [0.3, 0.4) is 0 Å². The Morgan fingerprint density at radius 3 is 2.41 bits per heavy atom. The first-order valence-electron chi connectivity index (χ1n) is 9.63. The van der Waals surface area contributed by atoms with Crippen LogP contribution in [0.15, 0.2) is 77.8 Å². The van der Waals surface area contributed by atoms with Crippen molar-refractivity contribution in [1.82, 2.24) is 4.90 Å². The lowest BCUT2D eigenvalue weighted by atomic mass is 10.1. The Kier molecular flexibility index (Phi) is 6.00. The predicted octanol–water partition coefficient (Wildman–Crippen LogP) is 5.08. The van der Waals surface area contributed by atoms with E-state index >= 15 is 0 Å². The van der Waals surface area contributed by atoms with E-state index in [9.17, 15) is 22.8 Å². The molecule has 4 rings (SSSR count). The first kappa shape index (κ1) is 21.6. The van der Waals surface area contributed by atoms with Crippen LogP contribution in [0.4, 0.5) is 18.9 Å². The van der Waals surface area contributed by atoms with E-state index in [1.54, 1.807) is 17.5 Å². The maximum Gasteiger partial charge on any atom is 0.573 e. The number of anilines is 1. The number of amides is 2. The highest BCUT2D eigenvalue weighted by molar-refractivity contribution is 7.11. The molecule has 1 aliphatic heterocycles. The molecule has 0 aliphatic carbocycles. The van der Waals surface area contributed by atoms with Gasteiger partial charge in [-0.05, 0) is 35.6 Å². The number of thiophene rings is 1. The largest absolute Gasteiger partial charge is 0.573 e. The van der Waals surface area contributed by atoms with Crippen LogP contribution < -0.4 is 10.1 Å². The quantitative estimate of drug-likeness (QED) is 0.502. The molecule has 0 unspecified atom stereocenters. The molecule has 5 nitrogen and oxygen atoms in total. The van der Waals surface area contributed by atoms with Crippen LogP contribution in [0.2, 0.25) is 0 Å². The van der Waals surface area contributed by atoms with Crippen molar-refractivity contribution in [3.63, 3.8) is 0 Å². The number of carbonyl (C=O) groups excluding carboxylic acids is 2. The second kappa shape index (κ2) is 8.88. The highest BCUT2D eigenvalue weighted by Crippen LogP contribution is 2.34. The molecule has 0 atom stereocenters. The normalized spacial score (nSPS) is 14.3. The van der Waals surface area contributed by atoms with Crippen LogP contribution in [0.1, 0.15) is 10.4 Å². The van der Waals surface area contributed by atoms with Gasteiger partial charge in [-0.3, -0.25) is 14.5 Å². The number of hydrogen-bond acceptors (Lipinski definition) is 5. The van der Waals surface area contributed by atoms with Crippen LogP contribution in [-0.4, -0.2) is 29.6 Å².